The second kappa shape index (κ2) is 8.58. The predicted molar refractivity (Wildman–Crippen MR) is 89.4 cm³/mol. The second-order valence-corrected chi connectivity index (χ2v) is 5.25. The van der Waals surface area contributed by atoms with Crippen molar-refractivity contribution in [2.45, 2.75) is 13.3 Å². The van der Waals surface area contributed by atoms with Crippen LogP contribution < -0.4 is 10.6 Å². The van der Waals surface area contributed by atoms with E-state index in [1.807, 2.05) is 24.4 Å². The molecule has 0 radical (unpaired) electrons. The van der Waals surface area contributed by atoms with E-state index in [2.05, 4.69) is 5.32 Å². The highest BCUT2D eigenvalue weighted by molar-refractivity contribution is 6.01. The van der Waals surface area contributed by atoms with Crippen LogP contribution in [0.25, 0.3) is 0 Å². The summed E-state index contributed by atoms with van der Waals surface area (Å²) < 4.78 is 18.2. The summed E-state index contributed by atoms with van der Waals surface area (Å²) in [6.07, 6.45) is 0.0291. The maximum Gasteiger partial charge on any atom is 0.326 e. The number of rotatable bonds is 5. The molecule has 0 aromatic heterocycles. The number of anilines is 1. The molecule has 2 rings (SSSR count). The highest BCUT2D eigenvalue weighted by Gasteiger charge is 2.13. The third kappa shape index (κ3) is 5.72. The highest BCUT2D eigenvalue weighted by atomic mass is 19.1. The number of carbonyl (C=O) groups excluding carboxylic acids is 3. The zero-order valence-corrected chi connectivity index (χ0v) is 13.5. The van der Waals surface area contributed by atoms with E-state index < -0.39 is 30.3 Å². The van der Waals surface area contributed by atoms with Crippen LogP contribution in [-0.2, 0) is 20.7 Å². The molecule has 2 aromatic rings. The van der Waals surface area contributed by atoms with E-state index in [0.29, 0.717) is 0 Å². The molecule has 130 valence electrons. The minimum Gasteiger partial charge on any atom is -0.455 e. The lowest BCUT2D eigenvalue weighted by Crippen LogP contribution is -2.37. The molecular formula is C18H17FN2O4. The maximum atomic E-state index is 13.4. The molecule has 0 aliphatic rings. The summed E-state index contributed by atoms with van der Waals surface area (Å²) >= 11 is 0. The summed E-state index contributed by atoms with van der Waals surface area (Å²) in [5.74, 6) is -2.03. The molecule has 0 bridgehead atoms. The number of para-hydroxylation sites is 1. The van der Waals surface area contributed by atoms with E-state index in [1.54, 1.807) is 12.1 Å². The van der Waals surface area contributed by atoms with Gasteiger partial charge in [-0.05, 0) is 30.2 Å². The van der Waals surface area contributed by atoms with Crippen LogP contribution in [0.2, 0.25) is 0 Å². The quantitative estimate of drug-likeness (QED) is 0.817. The monoisotopic (exact) mass is 344 g/mol. The second-order valence-electron chi connectivity index (χ2n) is 5.25. The Morgan fingerprint density at radius 2 is 1.72 bits per heavy atom. The van der Waals surface area contributed by atoms with Gasteiger partial charge < -0.3 is 10.1 Å². The number of hydrogen-bond acceptors (Lipinski definition) is 4. The maximum absolute atomic E-state index is 13.4. The topological polar surface area (TPSA) is 84.5 Å². The summed E-state index contributed by atoms with van der Waals surface area (Å²) in [6, 6.07) is 11.9. The van der Waals surface area contributed by atoms with Gasteiger partial charge in [0.05, 0.1) is 12.1 Å². The van der Waals surface area contributed by atoms with Crippen molar-refractivity contribution in [1.82, 2.24) is 5.32 Å². The SMILES string of the molecule is Cc1ccccc1CC(=O)OCC(=O)NC(=O)Nc1ccccc1F. The fourth-order valence-electron chi connectivity index (χ4n) is 2.04. The van der Waals surface area contributed by atoms with Crippen molar-refractivity contribution in [3.63, 3.8) is 0 Å². The van der Waals surface area contributed by atoms with E-state index in [9.17, 15) is 18.8 Å². The summed E-state index contributed by atoms with van der Waals surface area (Å²) in [5, 5.41) is 4.14. The molecule has 3 amide bonds. The lowest BCUT2D eigenvalue weighted by molar-refractivity contribution is -0.147. The normalized spacial score (nSPS) is 10.0. The highest BCUT2D eigenvalue weighted by Crippen LogP contribution is 2.11. The number of imide groups is 1. The van der Waals surface area contributed by atoms with Gasteiger partial charge in [-0.2, -0.15) is 0 Å². The number of hydrogen-bond donors (Lipinski definition) is 2. The Morgan fingerprint density at radius 3 is 2.44 bits per heavy atom. The standard InChI is InChI=1S/C18H17FN2O4/c1-12-6-2-3-7-13(12)10-17(23)25-11-16(22)21-18(24)20-15-9-5-4-8-14(15)19/h2-9H,10-11H2,1H3,(H2,20,21,22,24). The molecule has 0 aliphatic carbocycles. The molecule has 0 atom stereocenters. The van der Waals surface area contributed by atoms with Crippen LogP contribution in [0, 0.1) is 12.7 Å². The Kier molecular flexibility index (Phi) is 6.22. The summed E-state index contributed by atoms with van der Waals surface area (Å²) in [5.41, 5.74) is 1.67. The van der Waals surface area contributed by atoms with E-state index in [4.69, 9.17) is 4.74 Å². The van der Waals surface area contributed by atoms with Crippen LogP contribution in [0.5, 0.6) is 0 Å². The molecule has 7 heteroatoms. The Bertz CT molecular complexity index is 792. The minimum atomic E-state index is -0.912. The van der Waals surface area contributed by atoms with Crippen LogP contribution in [0.3, 0.4) is 0 Å². The van der Waals surface area contributed by atoms with Crippen LogP contribution >= 0.6 is 0 Å². The lowest BCUT2D eigenvalue weighted by Gasteiger charge is -2.08. The van der Waals surface area contributed by atoms with Crippen molar-refractivity contribution in [2.24, 2.45) is 0 Å². The molecule has 6 nitrogen and oxygen atoms in total. The number of benzene rings is 2. The van der Waals surface area contributed by atoms with Gasteiger partial charge in [0.15, 0.2) is 6.61 Å². The number of esters is 1. The Hall–Kier alpha value is -3.22. The van der Waals surface area contributed by atoms with Gasteiger partial charge in [-0.15, -0.1) is 0 Å². The van der Waals surface area contributed by atoms with Gasteiger partial charge in [-0.25, -0.2) is 9.18 Å². The Labute approximate surface area is 144 Å². The summed E-state index contributed by atoms with van der Waals surface area (Å²) in [4.78, 5) is 35.0. The van der Waals surface area contributed by atoms with Crippen molar-refractivity contribution in [1.29, 1.82) is 0 Å². The molecule has 2 N–H and O–H groups in total. The number of amides is 3. The van der Waals surface area contributed by atoms with E-state index in [0.717, 1.165) is 11.1 Å². The first kappa shape index (κ1) is 18.1. The molecule has 2 aromatic carbocycles. The van der Waals surface area contributed by atoms with Gasteiger partial charge in [0.1, 0.15) is 5.82 Å². The van der Waals surface area contributed by atoms with E-state index >= 15 is 0 Å². The molecule has 0 heterocycles. The number of urea groups is 1. The van der Waals surface area contributed by atoms with Crippen molar-refractivity contribution in [3.05, 3.63) is 65.5 Å². The summed E-state index contributed by atoms with van der Waals surface area (Å²) in [7, 11) is 0. The molecule has 0 saturated carbocycles. The molecule has 0 aliphatic heterocycles. The van der Waals surface area contributed by atoms with Gasteiger partial charge in [-0.1, -0.05) is 36.4 Å². The van der Waals surface area contributed by atoms with Gasteiger partial charge in [-0.3, -0.25) is 14.9 Å². The van der Waals surface area contributed by atoms with Crippen LogP contribution in [0.15, 0.2) is 48.5 Å². The predicted octanol–water partition coefficient (Wildman–Crippen LogP) is 2.57. The van der Waals surface area contributed by atoms with Gasteiger partial charge in [0.2, 0.25) is 0 Å². The lowest BCUT2D eigenvalue weighted by atomic mass is 10.1. The Morgan fingerprint density at radius 1 is 1.04 bits per heavy atom. The van der Waals surface area contributed by atoms with Crippen LogP contribution in [0.4, 0.5) is 14.9 Å². The number of nitrogens with one attached hydrogen (secondary N) is 2. The minimum absolute atomic E-state index is 0.0291. The fourth-order valence-corrected chi connectivity index (χ4v) is 2.04. The molecule has 0 unspecified atom stereocenters. The molecule has 0 fully saturated rings. The Balaban J connectivity index is 1.76. The average molecular weight is 344 g/mol. The number of aryl methyl sites for hydroxylation is 1. The van der Waals surface area contributed by atoms with Crippen LogP contribution in [0.1, 0.15) is 11.1 Å². The molecule has 0 spiro atoms. The number of carbonyl (C=O) groups is 3. The largest absolute Gasteiger partial charge is 0.455 e. The third-order valence-corrected chi connectivity index (χ3v) is 3.34. The third-order valence-electron chi connectivity index (χ3n) is 3.34. The number of ether oxygens (including phenoxy) is 1. The molecule has 0 saturated heterocycles. The van der Waals surface area contributed by atoms with Crippen molar-refractivity contribution < 1.29 is 23.5 Å². The first-order chi connectivity index (χ1) is 12.0. The van der Waals surface area contributed by atoms with E-state index in [-0.39, 0.29) is 12.1 Å². The molecular weight excluding hydrogens is 327 g/mol. The van der Waals surface area contributed by atoms with Crippen molar-refractivity contribution in [3.8, 4) is 0 Å². The fraction of sp³-hybridized carbons (Fsp3) is 0.167. The van der Waals surface area contributed by atoms with E-state index in [1.165, 1.54) is 24.3 Å². The first-order valence-corrected chi connectivity index (χ1v) is 7.51. The zero-order chi connectivity index (χ0) is 18.2. The van der Waals surface area contributed by atoms with Crippen LogP contribution in [-0.4, -0.2) is 24.5 Å². The van der Waals surface area contributed by atoms with Crippen molar-refractivity contribution in [2.75, 3.05) is 11.9 Å². The van der Waals surface area contributed by atoms with Gasteiger partial charge in [0, 0.05) is 0 Å². The van der Waals surface area contributed by atoms with Gasteiger partial charge in [0.25, 0.3) is 5.91 Å². The zero-order valence-electron chi connectivity index (χ0n) is 13.5. The van der Waals surface area contributed by atoms with Crippen molar-refractivity contribution >= 4 is 23.6 Å². The van der Waals surface area contributed by atoms with Gasteiger partial charge >= 0.3 is 12.0 Å². The summed E-state index contributed by atoms with van der Waals surface area (Å²) in [6.45, 7) is 1.26. The molecule has 25 heavy (non-hydrogen) atoms. The number of halogens is 1. The first-order valence-electron chi connectivity index (χ1n) is 7.51. The smallest absolute Gasteiger partial charge is 0.326 e. The average Bonchev–Trinajstić information content (AvgIpc) is 2.57.